The number of amides is 2. The summed E-state index contributed by atoms with van der Waals surface area (Å²) in [6.45, 7) is 6.67. The molecule has 2 amide bonds. The molecule has 0 spiro atoms. The molecule has 25 heavy (non-hydrogen) atoms. The molecule has 0 radical (unpaired) electrons. The molecule has 1 aromatic rings. The van der Waals surface area contributed by atoms with Gasteiger partial charge in [0.05, 0.1) is 11.3 Å². The Balaban J connectivity index is 1.61. The monoisotopic (exact) mass is 343 g/mol. The zero-order valence-electron chi connectivity index (χ0n) is 15.0. The zero-order chi connectivity index (χ0) is 17.8. The molecular weight excluding hydrogens is 318 g/mol. The van der Waals surface area contributed by atoms with E-state index in [4.69, 9.17) is 4.74 Å². The van der Waals surface area contributed by atoms with Crippen molar-refractivity contribution in [3.8, 4) is 5.75 Å². The fourth-order valence-electron chi connectivity index (χ4n) is 4.26. The Hall–Kier alpha value is -2.08. The number of nitrogens with one attached hydrogen (secondary N) is 1. The van der Waals surface area contributed by atoms with E-state index >= 15 is 0 Å². The predicted octanol–water partition coefficient (Wildman–Crippen LogP) is 1.64. The SMILES string of the molecule is CN1C(=O)C(C)(C)Oc2c(C(=O)NC3CN4CCC3CC4)cccc21. The second-order valence-electron chi connectivity index (χ2n) is 7.85. The molecule has 3 saturated heterocycles. The third-order valence-corrected chi connectivity index (χ3v) is 5.75. The number of carbonyl (C=O) groups is 2. The first-order valence-electron chi connectivity index (χ1n) is 9.00. The highest BCUT2D eigenvalue weighted by molar-refractivity contribution is 6.06. The van der Waals surface area contributed by atoms with Crippen LogP contribution in [0.5, 0.6) is 5.75 Å². The van der Waals surface area contributed by atoms with Crippen molar-refractivity contribution in [3.05, 3.63) is 23.8 Å². The highest BCUT2D eigenvalue weighted by Gasteiger charge is 2.41. The summed E-state index contributed by atoms with van der Waals surface area (Å²) in [5, 5.41) is 3.21. The highest BCUT2D eigenvalue weighted by atomic mass is 16.5. The number of fused-ring (bicyclic) bond motifs is 4. The van der Waals surface area contributed by atoms with Gasteiger partial charge in [0.25, 0.3) is 11.8 Å². The van der Waals surface area contributed by atoms with E-state index in [-0.39, 0.29) is 17.9 Å². The van der Waals surface area contributed by atoms with Crippen molar-refractivity contribution < 1.29 is 14.3 Å². The van der Waals surface area contributed by atoms with Crippen LogP contribution in [0.4, 0.5) is 5.69 Å². The van der Waals surface area contributed by atoms with Crippen LogP contribution < -0.4 is 15.0 Å². The molecule has 1 atom stereocenters. The fraction of sp³-hybridized carbons (Fsp3) is 0.579. The molecule has 1 N–H and O–H groups in total. The van der Waals surface area contributed by atoms with Crippen LogP contribution in [0.25, 0.3) is 0 Å². The van der Waals surface area contributed by atoms with Gasteiger partial charge in [-0.15, -0.1) is 0 Å². The number of likely N-dealkylation sites (N-methyl/N-ethyl adjacent to an activating group) is 1. The van der Waals surface area contributed by atoms with E-state index in [2.05, 4.69) is 10.2 Å². The lowest BCUT2D eigenvalue weighted by Crippen LogP contribution is -2.57. The van der Waals surface area contributed by atoms with Gasteiger partial charge in [-0.1, -0.05) is 6.07 Å². The Kier molecular flexibility index (Phi) is 3.76. The van der Waals surface area contributed by atoms with Gasteiger partial charge < -0.3 is 19.9 Å². The van der Waals surface area contributed by atoms with Crippen molar-refractivity contribution in [2.75, 3.05) is 31.6 Å². The predicted molar refractivity (Wildman–Crippen MR) is 95.0 cm³/mol. The number of carbonyl (C=O) groups excluding carboxylic acids is 2. The molecule has 6 nitrogen and oxygen atoms in total. The van der Waals surface area contributed by atoms with Crippen LogP contribution in [-0.2, 0) is 4.79 Å². The van der Waals surface area contributed by atoms with Crippen LogP contribution in [0.1, 0.15) is 37.0 Å². The number of ether oxygens (including phenoxy) is 1. The first kappa shape index (κ1) is 16.4. The number of rotatable bonds is 2. The van der Waals surface area contributed by atoms with Gasteiger partial charge in [0.2, 0.25) is 0 Å². The van der Waals surface area contributed by atoms with Crippen molar-refractivity contribution in [1.82, 2.24) is 10.2 Å². The summed E-state index contributed by atoms with van der Waals surface area (Å²) in [5.74, 6) is 0.826. The van der Waals surface area contributed by atoms with Crippen molar-refractivity contribution in [1.29, 1.82) is 0 Å². The second kappa shape index (κ2) is 5.73. The standard InChI is InChI=1S/C19H25N3O3/c1-19(2)18(24)21(3)15-6-4-5-13(16(15)25-19)17(23)20-14-11-22-9-7-12(14)8-10-22/h4-6,12,14H,7-11H2,1-3H3,(H,20,23). The van der Waals surface area contributed by atoms with Gasteiger partial charge in [-0.25, -0.2) is 0 Å². The second-order valence-corrected chi connectivity index (χ2v) is 7.85. The van der Waals surface area contributed by atoms with Gasteiger partial charge in [-0.2, -0.15) is 0 Å². The Morgan fingerprint density at radius 1 is 1.28 bits per heavy atom. The van der Waals surface area contributed by atoms with Crippen molar-refractivity contribution in [2.24, 2.45) is 5.92 Å². The minimum atomic E-state index is -0.978. The molecule has 0 aliphatic carbocycles. The Morgan fingerprint density at radius 2 is 2.00 bits per heavy atom. The lowest BCUT2D eigenvalue weighted by molar-refractivity contribution is -0.132. The zero-order valence-corrected chi connectivity index (χ0v) is 15.0. The van der Waals surface area contributed by atoms with E-state index in [1.165, 1.54) is 0 Å². The molecule has 0 saturated carbocycles. The Labute approximate surface area is 148 Å². The summed E-state index contributed by atoms with van der Waals surface area (Å²) in [4.78, 5) is 29.3. The number of hydrogen-bond donors (Lipinski definition) is 1. The lowest BCUT2D eigenvalue weighted by atomic mass is 9.84. The molecule has 3 fully saturated rings. The van der Waals surface area contributed by atoms with E-state index in [1.54, 1.807) is 37.9 Å². The fourth-order valence-corrected chi connectivity index (χ4v) is 4.26. The van der Waals surface area contributed by atoms with Crippen LogP contribution in [-0.4, -0.2) is 55.0 Å². The molecule has 4 aliphatic rings. The Morgan fingerprint density at radius 3 is 2.64 bits per heavy atom. The number of nitrogens with zero attached hydrogens (tertiary/aromatic N) is 2. The summed E-state index contributed by atoms with van der Waals surface area (Å²) in [7, 11) is 1.72. The van der Waals surface area contributed by atoms with Crippen LogP contribution in [0.15, 0.2) is 18.2 Å². The maximum atomic E-state index is 12.9. The smallest absolute Gasteiger partial charge is 0.270 e. The van der Waals surface area contributed by atoms with Gasteiger partial charge in [0, 0.05) is 19.6 Å². The molecule has 4 aliphatic heterocycles. The number of piperidine rings is 3. The summed E-state index contributed by atoms with van der Waals surface area (Å²) in [6, 6.07) is 5.58. The van der Waals surface area contributed by atoms with Gasteiger partial charge in [-0.3, -0.25) is 9.59 Å². The largest absolute Gasteiger partial charge is 0.475 e. The van der Waals surface area contributed by atoms with Crippen molar-refractivity contribution in [2.45, 2.75) is 38.3 Å². The van der Waals surface area contributed by atoms with Crippen LogP contribution in [0.3, 0.4) is 0 Å². The van der Waals surface area contributed by atoms with E-state index in [0.29, 0.717) is 22.9 Å². The first-order valence-corrected chi connectivity index (χ1v) is 9.00. The lowest BCUT2D eigenvalue weighted by Gasteiger charge is -2.45. The van der Waals surface area contributed by atoms with E-state index in [0.717, 1.165) is 32.5 Å². The molecular formula is C19H25N3O3. The molecule has 1 unspecified atom stereocenters. The number of anilines is 1. The van der Waals surface area contributed by atoms with Crippen LogP contribution in [0.2, 0.25) is 0 Å². The van der Waals surface area contributed by atoms with Crippen LogP contribution >= 0.6 is 0 Å². The minimum absolute atomic E-state index is 0.116. The average molecular weight is 343 g/mol. The number of hydrogen-bond acceptors (Lipinski definition) is 4. The summed E-state index contributed by atoms with van der Waals surface area (Å²) in [6.07, 6.45) is 2.30. The summed E-state index contributed by atoms with van der Waals surface area (Å²) < 4.78 is 5.94. The first-order chi connectivity index (χ1) is 11.9. The van der Waals surface area contributed by atoms with Crippen molar-refractivity contribution >= 4 is 17.5 Å². The molecule has 4 heterocycles. The molecule has 0 aromatic heterocycles. The van der Waals surface area contributed by atoms with E-state index in [1.807, 2.05) is 6.07 Å². The number of para-hydroxylation sites is 1. The van der Waals surface area contributed by atoms with Gasteiger partial charge in [0.15, 0.2) is 11.4 Å². The van der Waals surface area contributed by atoms with Crippen molar-refractivity contribution in [3.63, 3.8) is 0 Å². The van der Waals surface area contributed by atoms with Gasteiger partial charge in [0.1, 0.15) is 0 Å². The normalized spacial score (nSPS) is 29.8. The third kappa shape index (κ3) is 2.68. The molecule has 5 rings (SSSR count). The van der Waals surface area contributed by atoms with E-state index < -0.39 is 5.60 Å². The average Bonchev–Trinajstić information content (AvgIpc) is 2.60. The maximum Gasteiger partial charge on any atom is 0.270 e. The number of benzene rings is 1. The maximum absolute atomic E-state index is 12.9. The highest BCUT2D eigenvalue weighted by Crippen LogP contribution is 2.39. The van der Waals surface area contributed by atoms with Gasteiger partial charge in [-0.05, 0) is 57.8 Å². The molecule has 1 aromatic carbocycles. The Bertz CT molecular complexity index is 723. The quantitative estimate of drug-likeness (QED) is 0.887. The molecule has 134 valence electrons. The summed E-state index contributed by atoms with van der Waals surface area (Å²) >= 11 is 0. The van der Waals surface area contributed by atoms with E-state index in [9.17, 15) is 9.59 Å². The topological polar surface area (TPSA) is 61.9 Å². The van der Waals surface area contributed by atoms with Gasteiger partial charge >= 0.3 is 0 Å². The summed E-state index contributed by atoms with van der Waals surface area (Å²) in [5.41, 5.74) is 0.167. The van der Waals surface area contributed by atoms with Crippen LogP contribution in [0, 0.1) is 5.92 Å². The minimum Gasteiger partial charge on any atom is -0.475 e. The third-order valence-electron chi connectivity index (χ3n) is 5.75. The molecule has 6 heteroatoms. The molecule has 2 bridgehead atoms.